The number of benzene rings is 2. The standard InChI is InChI=1S/C26H26BrN5O/c1-17-6-2-5-9-21(17)23-15-24(32-25(31-23)22(27)16-30-32)28-12-13-29-26(33)20-11-10-18-7-3-4-8-19(18)14-20/h2-9,15-16,20,28H,10-14H2,1H3,(H,29,33). The molecule has 1 unspecified atom stereocenters. The van der Waals surface area contributed by atoms with Gasteiger partial charge in [-0.3, -0.25) is 4.79 Å². The van der Waals surface area contributed by atoms with Crippen LogP contribution in [0.1, 0.15) is 23.1 Å². The molecule has 0 saturated carbocycles. The summed E-state index contributed by atoms with van der Waals surface area (Å²) in [6.45, 7) is 3.22. The lowest BCUT2D eigenvalue weighted by atomic mass is 9.83. The number of halogens is 1. The van der Waals surface area contributed by atoms with Crippen LogP contribution in [0.2, 0.25) is 0 Å². The molecule has 2 aromatic heterocycles. The molecule has 6 nitrogen and oxygen atoms in total. The van der Waals surface area contributed by atoms with Gasteiger partial charge in [-0.05, 0) is 58.8 Å². The number of aromatic nitrogens is 3. The fourth-order valence-corrected chi connectivity index (χ4v) is 4.85. The van der Waals surface area contributed by atoms with Gasteiger partial charge in [-0.25, -0.2) is 4.98 Å². The Hall–Kier alpha value is -3.19. The summed E-state index contributed by atoms with van der Waals surface area (Å²) in [5.41, 5.74) is 6.56. The zero-order valence-electron chi connectivity index (χ0n) is 18.5. The van der Waals surface area contributed by atoms with Gasteiger partial charge in [0.15, 0.2) is 5.65 Å². The molecule has 1 aliphatic carbocycles. The molecule has 2 N–H and O–H groups in total. The molecule has 5 rings (SSSR count). The van der Waals surface area contributed by atoms with E-state index >= 15 is 0 Å². The SMILES string of the molecule is Cc1ccccc1-c1cc(NCCNC(=O)C2CCc3ccccc3C2)n2ncc(Br)c2n1. The Morgan fingerprint density at radius 3 is 2.76 bits per heavy atom. The summed E-state index contributed by atoms with van der Waals surface area (Å²) in [4.78, 5) is 17.5. The van der Waals surface area contributed by atoms with E-state index in [1.165, 1.54) is 11.1 Å². The fraction of sp³-hybridized carbons (Fsp3) is 0.269. The second-order valence-electron chi connectivity index (χ2n) is 8.50. The minimum Gasteiger partial charge on any atom is -0.368 e. The lowest BCUT2D eigenvalue weighted by Gasteiger charge is -2.23. The van der Waals surface area contributed by atoms with Crippen molar-refractivity contribution in [2.75, 3.05) is 18.4 Å². The monoisotopic (exact) mass is 503 g/mol. The molecule has 1 atom stereocenters. The molecule has 0 spiro atoms. The van der Waals surface area contributed by atoms with Crippen molar-refractivity contribution in [3.63, 3.8) is 0 Å². The molecule has 0 radical (unpaired) electrons. The Morgan fingerprint density at radius 2 is 1.91 bits per heavy atom. The fourth-order valence-electron chi connectivity index (χ4n) is 4.50. The van der Waals surface area contributed by atoms with Crippen LogP contribution in [0, 0.1) is 12.8 Å². The summed E-state index contributed by atoms with van der Waals surface area (Å²) in [6.07, 6.45) is 4.44. The lowest BCUT2D eigenvalue weighted by molar-refractivity contribution is -0.125. The molecule has 2 heterocycles. The first-order valence-corrected chi connectivity index (χ1v) is 12.1. The highest BCUT2D eigenvalue weighted by atomic mass is 79.9. The van der Waals surface area contributed by atoms with E-state index < -0.39 is 0 Å². The van der Waals surface area contributed by atoms with Crippen LogP contribution in [-0.2, 0) is 17.6 Å². The Balaban J connectivity index is 1.25. The van der Waals surface area contributed by atoms with Crippen molar-refractivity contribution in [3.05, 3.63) is 82.0 Å². The third-order valence-electron chi connectivity index (χ3n) is 6.30. The number of nitrogens with one attached hydrogen (secondary N) is 2. The number of carbonyl (C=O) groups excluding carboxylic acids is 1. The molecule has 168 valence electrons. The summed E-state index contributed by atoms with van der Waals surface area (Å²) < 4.78 is 2.62. The molecular weight excluding hydrogens is 478 g/mol. The van der Waals surface area contributed by atoms with Gasteiger partial charge in [0.2, 0.25) is 5.91 Å². The predicted molar refractivity (Wildman–Crippen MR) is 134 cm³/mol. The Kier molecular flexibility index (Phi) is 6.13. The predicted octanol–water partition coefficient (Wildman–Crippen LogP) is 4.80. The molecule has 4 aromatic rings. The van der Waals surface area contributed by atoms with Gasteiger partial charge in [0, 0.05) is 30.6 Å². The van der Waals surface area contributed by atoms with Crippen molar-refractivity contribution >= 4 is 33.3 Å². The minimum absolute atomic E-state index is 0.0438. The van der Waals surface area contributed by atoms with Gasteiger partial charge in [-0.1, -0.05) is 48.5 Å². The summed E-state index contributed by atoms with van der Waals surface area (Å²) in [5.74, 6) is 1.01. The maximum absolute atomic E-state index is 12.7. The third kappa shape index (κ3) is 4.50. The summed E-state index contributed by atoms with van der Waals surface area (Å²) in [7, 11) is 0. The molecule has 0 fully saturated rings. The molecule has 1 aliphatic rings. The zero-order chi connectivity index (χ0) is 22.8. The summed E-state index contributed by atoms with van der Waals surface area (Å²) in [5, 5.41) is 11.0. The zero-order valence-corrected chi connectivity index (χ0v) is 20.1. The average Bonchev–Trinajstić information content (AvgIpc) is 3.22. The Bertz CT molecular complexity index is 1320. The van der Waals surface area contributed by atoms with Crippen LogP contribution in [0.5, 0.6) is 0 Å². The van der Waals surface area contributed by atoms with Crippen molar-refractivity contribution < 1.29 is 4.79 Å². The van der Waals surface area contributed by atoms with Gasteiger partial charge in [-0.15, -0.1) is 0 Å². The largest absolute Gasteiger partial charge is 0.368 e. The van der Waals surface area contributed by atoms with E-state index in [1.54, 1.807) is 10.7 Å². The van der Waals surface area contributed by atoms with E-state index in [4.69, 9.17) is 4.98 Å². The number of rotatable bonds is 6. The first-order valence-electron chi connectivity index (χ1n) is 11.3. The normalized spacial score (nSPS) is 15.3. The van der Waals surface area contributed by atoms with Crippen LogP contribution in [-0.4, -0.2) is 33.6 Å². The van der Waals surface area contributed by atoms with Gasteiger partial charge in [-0.2, -0.15) is 9.61 Å². The molecule has 0 aliphatic heterocycles. The molecule has 0 saturated heterocycles. The Labute approximate surface area is 201 Å². The first-order chi connectivity index (χ1) is 16.1. The molecule has 33 heavy (non-hydrogen) atoms. The average molecular weight is 504 g/mol. The van der Waals surface area contributed by atoms with E-state index in [9.17, 15) is 4.79 Å². The van der Waals surface area contributed by atoms with Gasteiger partial charge >= 0.3 is 0 Å². The van der Waals surface area contributed by atoms with Crippen molar-refractivity contribution in [2.45, 2.75) is 26.2 Å². The molecule has 7 heteroatoms. The number of hydrogen-bond acceptors (Lipinski definition) is 4. The van der Waals surface area contributed by atoms with Crippen LogP contribution < -0.4 is 10.6 Å². The van der Waals surface area contributed by atoms with Gasteiger partial charge < -0.3 is 10.6 Å². The van der Waals surface area contributed by atoms with Crippen molar-refractivity contribution in [1.29, 1.82) is 0 Å². The van der Waals surface area contributed by atoms with E-state index in [1.807, 2.05) is 18.2 Å². The highest BCUT2D eigenvalue weighted by molar-refractivity contribution is 9.10. The van der Waals surface area contributed by atoms with Crippen LogP contribution in [0.25, 0.3) is 16.9 Å². The van der Waals surface area contributed by atoms with Crippen LogP contribution >= 0.6 is 15.9 Å². The number of amides is 1. The second-order valence-corrected chi connectivity index (χ2v) is 9.35. The quantitative estimate of drug-likeness (QED) is 0.370. The number of hydrogen-bond donors (Lipinski definition) is 2. The molecule has 1 amide bonds. The Morgan fingerprint density at radius 1 is 1.12 bits per heavy atom. The van der Waals surface area contributed by atoms with E-state index in [0.717, 1.165) is 52.0 Å². The van der Waals surface area contributed by atoms with E-state index in [2.05, 4.69) is 75.0 Å². The number of fused-ring (bicyclic) bond motifs is 2. The van der Waals surface area contributed by atoms with Crippen LogP contribution in [0.4, 0.5) is 5.82 Å². The van der Waals surface area contributed by atoms with Gasteiger partial charge in [0.05, 0.1) is 16.4 Å². The van der Waals surface area contributed by atoms with E-state index in [-0.39, 0.29) is 11.8 Å². The highest BCUT2D eigenvalue weighted by Crippen LogP contribution is 2.28. The van der Waals surface area contributed by atoms with Gasteiger partial charge in [0.1, 0.15) is 5.82 Å². The molecule has 2 aromatic carbocycles. The third-order valence-corrected chi connectivity index (χ3v) is 6.86. The van der Waals surface area contributed by atoms with Crippen molar-refractivity contribution in [1.82, 2.24) is 19.9 Å². The number of aryl methyl sites for hydroxylation is 2. The number of nitrogens with zero attached hydrogens (tertiary/aromatic N) is 3. The smallest absolute Gasteiger partial charge is 0.223 e. The maximum Gasteiger partial charge on any atom is 0.223 e. The van der Waals surface area contributed by atoms with Crippen molar-refractivity contribution in [3.8, 4) is 11.3 Å². The molecule has 0 bridgehead atoms. The number of carbonyl (C=O) groups is 1. The first kappa shape index (κ1) is 21.6. The van der Waals surface area contributed by atoms with Crippen LogP contribution in [0.3, 0.4) is 0 Å². The summed E-state index contributed by atoms with van der Waals surface area (Å²) in [6, 6.07) is 18.6. The minimum atomic E-state index is 0.0438. The lowest BCUT2D eigenvalue weighted by Crippen LogP contribution is -2.36. The van der Waals surface area contributed by atoms with Gasteiger partial charge in [0.25, 0.3) is 0 Å². The maximum atomic E-state index is 12.7. The second kappa shape index (κ2) is 9.35. The molecular formula is C26H26BrN5O. The van der Waals surface area contributed by atoms with Crippen molar-refractivity contribution in [2.24, 2.45) is 5.92 Å². The topological polar surface area (TPSA) is 71.3 Å². The van der Waals surface area contributed by atoms with Crippen LogP contribution in [0.15, 0.2) is 65.3 Å². The van der Waals surface area contributed by atoms with E-state index in [0.29, 0.717) is 13.1 Å². The highest BCUT2D eigenvalue weighted by Gasteiger charge is 2.24. The number of anilines is 1. The summed E-state index contributed by atoms with van der Waals surface area (Å²) >= 11 is 3.55.